The van der Waals surface area contributed by atoms with E-state index in [1.165, 1.54) is 0 Å². The van der Waals surface area contributed by atoms with Gasteiger partial charge in [0.25, 0.3) is 5.56 Å². The van der Waals surface area contributed by atoms with Gasteiger partial charge in [-0.25, -0.2) is 4.98 Å². The summed E-state index contributed by atoms with van der Waals surface area (Å²) in [7, 11) is 0. The van der Waals surface area contributed by atoms with Gasteiger partial charge in [0.1, 0.15) is 0 Å². The lowest BCUT2D eigenvalue weighted by Gasteiger charge is -2.27. The van der Waals surface area contributed by atoms with Crippen LogP contribution in [-0.2, 0) is 11.3 Å². The van der Waals surface area contributed by atoms with E-state index in [-0.39, 0.29) is 5.56 Å². The minimum absolute atomic E-state index is 0.0177. The molecule has 0 atom stereocenters. The first-order chi connectivity index (χ1) is 11.8. The van der Waals surface area contributed by atoms with E-state index in [4.69, 9.17) is 9.72 Å². The molecule has 0 aliphatic carbocycles. The molecule has 4 rings (SSSR count). The summed E-state index contributed by atoms with van der Waals surface area (Å²) in [6.45, 7) is 6.30. The highest BCUT2D eigenvalue weighted by Crippen LogP contribution is 2.16. The number of hydrogen-bond acceptors (Lipinski definition) is 6. The zero-order chi connectivity index (χ0) is 16.4. The molecule has 0 bridgehead atoms. The predicted octanol–water partition coefficient (Wildman–Crippen LogP) is 0.577. The molecule has 1 saturated heterocycles. The molecule has 7 nitrogen and oxygen atoms in total. The maximum absolute atomic E-state index is 13.0. The summed E-state index contributed by atoms with van der Waals surface area (Å²) in [6.07, 6.45) is 1.78. The molecule has 0 N–H and O–H groups in total. The lowest BCUT2D eigenvalue weighted by atomic mass is 10.2. The van der Waals surface area contributed by atoms with Crippen LogP contribution in [-0.4, -0.2) is 66.7 Å². The van der Waals surface area contributed by atoms with Gasteiger partial charge in [-0.1, -0.05) is 12.1 Å². The van der Waals surface area contributed by atoms with Gasteiger partial charge in [0, 0.05) is 32.7 Å². The molecule has 1 fully saturated rings. The van der Waals surface area contributed by atoms with Crippen LogP contribution in [0.2, 0.25) is 0 Å². The Morgan fingerprint density at radius 2 is 1.92 bits per heavy atom. The molecule has 0 radical (unpaired) electrons. The number of rotatable bonds is 4. The molecular weight excluding hydrogens is 306 g/mol. The molecule has 0 saturated carbocycles. The molecule has 1 aromatic carbocycles. The second kappa shape index (κ2) is 6.70. The fourth-order valence-electron chi connectivity index (χ4n) is 3.17. The average molecular weight is 327 g/mol. The number of nitrogens with zero attached hydrogens (tertiary/aromatic N) is 5. The van der Waals surface area contributed by atoms with Crippen LogP contribution in [0.1, 0.15) is 0 Å². The normalized spacial score (nSPS) is 18.6. The fraction of sp³-hybridized carbons (Fsp3) is 0.471. The number of ether oxygens (including phenoxy) is 1. The topological polar surface area (TPSA) is 63.0 Å². The molecular formula is C17H21N5O2. The van der Waals surface area contributed by atoms with Crippen molar-refractivity contribution in [1.82, 2.24) is 14.5 Å². The summed E-state index contributed by atoms with van der Waals surface area (Å²) in [4.78, 5) is 26.3. The van der Waals surface area contributed by atoms with E-state index >= 15 is 0 Å². The lowest BCUT2D eigenvalue weighted by molar-refractivity contribution is 0.0363. The van der Waals surface area contributed by atoms with E-state index in [9.17, 15) is 4.79 Å². The van der Waals surface area contributed by atoms with E-state index in [0.29, 0.717) is 17.9 Å². The Bertz CT molecular complexity index is 810. The molecule has 2 aliphatic heterocycles. The largest absolute Gasteiger partial charge is 0.379 e. The van der Waals surface area contributed by atoms with Crippen molar-refractivity contribution in [2.75, 3.05) is 50.8 Å². The summed E-state index contributed by atoms with van der Waals surface area (Å²) < 4.78 is 7.18. The van der Waals surface area contributed by atoms with Gasteiger partial charge in [-0.3, -0.25) is 19.3 Å². The summed E-state index contributed by atoms with van der Waals surface area (Å²) >= 11 is 0. The van der Waals surface area contributed by atoms with Gasteiger partial charge < -0.3 is 9.64 Å². The number of para-hydroxylation sites is 1. The van der Waals surface area contributed by atoms with Crippen LogP contribution < -0.4 is 10.5 Å². The standard InChI is InChI=1S/C17H21N5O2/c23-16-14-3-1-2-4-15(14)19-17(21-6-5-18-13-21)22(16)8-7-20-9-11-24-12-10-20/h1-4,13H,5-12H2. The van der Waals surface area contributed by atoms with Gasteiger partial charge in [0.05, 0.1) is 37.0 Å². The van der Waals surface area contributed by atoms with E-state index in [1.807, 2.05) is 29.2 Å². The molecule has 2 aliphatic rings. The van der Waals surface area contributed by atoms with Crippen LogP contribution in [0.15, 0.2) is 34.1 Å². The molecule has 0 unspecified atom stereocenters. The second-order valence-corrected chi connectivity index (χ2v) is 6.05. The Morgan fingerprint density at radius 3 is 2.71 bits per heavy atom. The predicted molar refractivity (Wildman–Crippen MR) is 94.0 cm³/mol. The molecule has 24 heavy (non-hydrogen) atoms. The van der Waals surface area contributed by atoms with Crippen molar-refractivity contribution in [3.63, 3.8) is 0 Å². The number of fused-ring (bicyclic) bond motifs is 1. The van der Waals surface area contributed by atoms with Crippen LogP contribution in [0.3, 0.4) is 0 Å². The molecule has 0 spiro atoms. The lowest BCUT2D eigenvalue weighted by Crippen LogP contribution is -2.40. The summed E-state index contributed by atoms with van der Waals surface area (Å²) in [5.41, 5.74) is 0.754. The Kier molecular flexibility index (Phi) is 4.27. The van der Waals surface area contributed by atoms with Crippen molar-refractivity contribution in [1.29, 1.82) is 0 Å². The summed E-state index contributed by atoms with van der Waals surface area (Å²) in [6, 6.07) is 7.53. The van der Waals surface area contributed by atoms with Crippen LogP contribution in [0.4, 0.5) is 5.95 Å². The van der Waals surface area contributed by atoms with Crippen LogP contribution in [0.25, 0.3) is 10.9 Å². The number of anilines is 1. The Balaban J connectivity index is 1.70. The highest BCUT2D eigenvalue weighted by Gasteiger charge is 2.19. The van der Waals surface area contributed by atoms with Crippen LogP contribution >= 0.6 is 0 Å². The third kappa shape index (κ3) is 2.92. The first-order valence-corrected chi connectivity index (χ1v) is 8.39. The van der Waals surface area contributed by atoms with Gasteiger partial charge in [0.15, 0.2) is 0 Å². The van der Waals surface area contributed by atoms with Gasteiger partial charge in [-0.15, -0.1) is 0 Å². The third-order valence-electron chi connectivity index (χ3n) is 4.53. The Morgan fingerprint density at radius 1 is 1.08 bits per heavy atom. The number of aliphatic imine (C=N–C) groups is 1. The van der Waals surface area contributed by atoms with Gasteiger partial charge in [-0.2, -0.15) is 0 Å². The SMILES string of the molecule is O=c1c2ccccc2nc(N2C=NCC2)n1CCN1CCOCC1. The number of morpholine rings is 1. The number of aromatic nitrogens is 2. The molecule has 3 heterocycles. The first kappa shape index (κ1) is 15.3. The maximum Gasteiger partial charge on any atom is 0.262 e. The second-order valence-electron chi connectivity index (χ2n) is 6.05. The van der Waals surface area contributed by atoms with Crippen molar-refractivity contribution in [2.24, 2.45) is 4.99 Å². The summed E-state index contributed by atoms with van der Waals surface area (Å²) in [5.74, 6) is 0.688. The van der Waals surface area contributed by atoms with E-state index in [1.54, 1.807) is 10.9 Å². The smallest absolute Gasteiger partial charge is 0.262 e. The molecule has 0 amide bonds. The molecule has 1 aromatic heterocycles. The quantitative estimate of drug-likeness (QED) is 0.822. The Hall–Kier alpha value is -2.25. The van der Waals surface area contributed by atoms with Crippen LogP contribution in [0.5, 0.6) is 0 Å². The minimum atomic E-state index is 0.0177. The highest BCUT2D eigenvalue weighted by molar-refractivity contribution is 5.83. The maximum atomic E-state index is 13.0. The zero-order valence-electron chi connectivity index (χ0n) is 13.6. The summed E-state index contributed by atoms with van der Waals surface area (Å²) in [5, 5.41) is 0.666. The monoisotopic (exact) mass is 327 g/mol. The number of benzene rings is 1. The average Bonchev–Trinajstić information content (AvgIpc) is 3.16. The van der Waals surface area contributed by atoms with Crippen molar-refractivity contribution in [3.8, 4) is 0 Å². The van der Waals surface area contributed by atoms with Gasteiger partial charge in [0.2, 0.25) is 5.95 Å². The van der Waals surface area contributed by atoms with Gasteiger partial charge >= 0.3 is 0 Å². The van der Waals surface area contributed by atoms with Crippen LogP contribution in [0, 0.1) is 0 Å². The van der Waals surface area contributed by atoms with Crippen molar-refractivity contribution >= 4 is 23.2 Å². The number of hydrogen-bond donors (Lipinski definition) is 0. The van der Waals surface area contributed by atoms with E-state index in [2.05, 4.69) is 9.89 Å². The van der Waals surface area contributed by atoms with E-state index < -0.39 is 0 Å². The van der Waals surface area contributed by atoms with Crippen molar-refractivity contribution in [3.05, 3.63) is 34.6 Å². The molecule has 7 heteroatoms. The molecule has 126 valence electrons. The zero-order valence-corrected chi connectivity index (χ0v) is 13.6. The first-order valence-electron chi connectivity index (χ1n) is 8.39. The third-order valence-corrected chi connectivity index (χ3v) is 4.53. The Labute approximate surface area is 140 Å². The van der Waals surface area contributed by atoms with Crippen molar-refractivity contribution in [2.45, 2.75) is 6.54 Å². The molecule has 2 aromatic rings. The minimum Gasteiger partial charge on any atom is -0.379 e. The fourth-order valence-corrected chi connectivity index (χ4v) is 3.17. The van der Waals surface area contributed by atoms with Gasteiger partial charge in [-0.05, 0) is 12.1 Å². The highest BCUT2D eigenvalue weighted by atomic mass is 16.5. The van der Waals surface area contributed by atoms with Crippen molar-refractivity contribution < 1.29 is 4.74 Å². The van der Waals surface area contributed by atoms with E-state index in [0.717, 1.165) is 51.5 Å².